The van der Waals surface area contributed by atoms with E-state index >= 15 is 0 Å². The number of rotatable bonds is 6. The topological polar surface area (TPSA) is 152 Å². The van der Waals surface area contributed by atoms with Gasteiger partial charge in [0.05, 0.1) is 19.4 Å². The summed E-state index contributed by atoms with van der Waals surface area (Å²) in [7, 11) is 0. The monoisotopic (exact) mass is 300 g/mol. The third kappa shape index (κ3) is 7.65. The molecular formula is C13H16O8. The van der Waals surface area contributed by atoms with E-state index in [0.29, 0.717) is 0 Å². The van der Waals surface area contributed by atoms with Crippen molar-refractivity contribution in [3.63, 3.8) is 0 Å². The standard InChI is InChI=1S/C7H8O.C6H8O7/c8-6-7-4-2-1-3-5-7;7-3(8)1-6(13,5(11)12)2-4(9)10/h1-5,8H,6H2;13H,1-2H2,(H,7,8)(H,9,10)(H,11,12). The van der Waals surface area contributed by atoms with Gasteiger partial charge in [-0.1, -0.05) is 30.3 Å². The third-order valence-corrected chi connectivity index (χ3v) is 2.31. The Morgan fingerprint density at radius 3 is 1.57 bits per heavy atom. The van der Waals surface area contributed by atoms with Crippen LogP contribution in [0.4, 0.5) is 0 Å². The first-order valence-corrected chi connectivity index (χ1v) is 5.75. The zero-order valence-corrected chi connectivity index (χ0v) is 11.0. The zero-order valence-electron chi connectivity index (χ0n) is 11.0. The van der Waals surface area contributed by atoms with E-state index in [2.05, 4.69) is 0 Å². The van der Waals surface area contributed by atoms with Crippen LogP contribution in [0.1, 0.15) is 18.4 Å². The number of aliphatic hydroxyl groups is 2. The second kappa shape index (κ2) is 8.67. The molecule has 0 aliphatic carbocycles. The van der Waals surface area contributed by atoms with E-state index in [4.69, 9.17) is 25.5 Å². The highest BCUT2D eigenvalue weighted by atomic mass is 16.4. The minimum Gasteiger partial charge on any atom is -0.481 e. The van der Waals surface area contributed by atoms with Crippen molar-refractivity contribution >= 4 is 17.9 Å². The number of aliphatic carboxylic acids is 3. The molecule has 8 nitrogen and oxygen atoms in total. The minimum atomic E-state index is -2.74. The molecule has 1 rings (SSSR count). The molecule has 1 aromatic rings. The summed E-state index contributed by atoms with van der Waals surface area (Å²) in [5, 5.41) is 42.3. The summed E-state index contributed by atoms with van der Waals surface area (Å²) >= 11 is 0. The molecule has 1 aromatic carbocycles. The first-order valence-electron chi connectivity index (χ1n) is 5.75. The maximum Gasteiger partial charge on any atom is 0.336 e. The quantitative estimate of drug-likeness (QED) is 0.489. The molecule has 0 amide bonds. The molecule has 0 heterocycles. The number of hydrogen-bond acceptors (Lipinski definition) is 5. The number of carboxylic acids is 3. The predicted octanol–water partition coefficient (Wildman–Crippen LogP) is -0.0696. The average Bonchev–Trinajstić information content (AvgIpc) is 2.38. The third-order valence-electron chi connectivity index (χ3n) is 2.31. The van der Waals surface area contributed by atoms with Gasteiger partial charge in [0.1, 0.15) is 0 Å². The maximum atomic E-state index is 10.3. The van der Waals surface area contributed by atoms with E-state index in [-0.39, 0.29) is 6.61 Å². The van der Waals surface area contributed by atoms with Crippen molar-refractivity contribution in [2.24, 2.45) is 0 Å². The largest absolute Gasteiger partial charge is 0.481 e. The van der Waals surface area contributed by atoms with E-state index in [1.165, 1.54) is 0 Å². The van der Waals surface area contributed by atoms with Gasteiger partial charge in [0, 0.05) is 0 Å². The van der Waals surface area contributed by atoms with E-state index in [0.717, 1.165) is 5.56 Å². The molecule has 0 saturated carbocycles. The molecule has 8 heteroatoms. The van der Waals surface area contributed by atoms with Crippen LogP contribution in [-0.2, 0) is 21.0 Å². The number of aliphatic hydroxyl groups excluding tert-OH is 1. The lowest BCUT2D eigenvalue weighted by molar-refractivity contribution is -0.170. The molecule has 0 saturated heterocycles. The first-order chi connectivity index (χ1) is 9.71. The molecule has 0 bridgehead atoms. The number of hydrogen-bond donors (Lipinski definition) is 5. The highest BCUT2D eigenvalue weighted by molar-refractivity contribution is 5.88. The van der Waals surface area contributed by atoms with Crippen LogP contribution in [0.25, 0.3) is 0 Å². The fraction of sp³-hybridized carbons (Fsp3) is 0.308. The summed E-state index contributed by atoms with van der Waals surface area (Å²) in [5.74, 6) is -5.02. The van der Waals surface area contributed by atoms with Gasteiger partial charge in [-0.2, -0.15) is 0 Å². The molecule has 5 N–H and O–H groups in total. The Morgan fingerprint density at radius 1 is 0.905 bits per heavy atom. The Morgan fingerprint density at radius 2 is 1.33 bits per heavy atom. The molecule has 0 aliphatic rings. The van der Waals surface area contributed by atoms with Gasteiger partial charge in [0.15, 0.2) is 5.60 Å². The van der Waals surface area contributed by atoms with Gasteiger partial charge in [-0.15, -0.1) is 0 Å². The Balaban J connectivity index is 0.000000423. The highest BCUT2D eigenvalue weighted by Crippen LogP contribution is 2.15. The van der Waals surface area contributed by atoms with Crippen LogP contribution in [0.2, 0.25) is 0 Å². The van der Waals surface area contributed by atoms with Crippen LogP contribution in [0, 0.1) is 0 Å². The van der Waals surface area contributed by atoms with Crippen molar-refractivity contribution in [3.8, 4) is 0 Å². The molecule has 0 aromatic heterocycles. The lowest BCUT2D eigenvalue weighted by Gasteiger charge is -2.18. The van der Waals surface area contributed by atoms with Crippen molar-refractivity contribution in [1.29, 1.82) is 0 Å². The molecule has 0 aliphatic heterocycles. The van der Waals surface area contributed by atoms with Gasteiger partial charge in [-0.25, -0.2) is 4.79 Å². The molecule has 0 unspecified atom stereocenters. The normalized spacial score (nSPS) is 10.2. The summed E-state index contributed by atoms with van der Waals surface area (Å²) in [6.45, 7) is 0.140. The maximum absolute atomic E-state index is 10.3. The Hall–Kier alpha value is -2.45. The van der Waals surface area contributed by atoms with Crippen LogP contribution in [0.15, 0.2) is 30.3 Å². The summed E-state index contributed by atoms with van der Waals surface area (Å²) in [4.78, 5) is 30.5. The van der Waals surface area contributed by atoms with Gasteiger partial charge in [0.2, 0.25) is 0 Å². The van der Waals surface area contributed by atoms with Crippen molar-refractivity contribution in [1.82, 2.24) is 0 Å². The van der Waals surface area contributed by atoms with E-state index in [1.54, 1.807) is 0 Å². The molecule has 0 spiro atoms. The van der Waals surface area contributed by atoms with Crippen molar-refractivity contribution < 1.29 is 39.9 Å². The summed E-state index contributed by atoms with van der Waals surface area (Å²) in [5.41, 5.74) is -1.77. The second-order valence-corrected chi connectivity index (χ2v) is 4.12. The Bertz CT molecular complexity index is 466. The van der Waals surface area contributed by atoms with E-state index in [1.807, 2.05) is 30.3 Å². The summed E-state index contributed by atoms with van der Waals surface area (Å²) in [6, 6.07) is 9.52. The van der Waals surface area contributed by atoms with Crippen molar-refractivity contribution in [2.45, 2.75) is 25.0 Å². The second-order valence-electron chi connectivity index (χ2n) is 4.12. The van der Waals surface area contributed by atoms with Crippen LogP contribution in [0.3, 0.4) is 0 Å². The van der Waals surface area contributed by atoms with Gasteiger partial charge in [-0.3, -0.25) is 9.59 Å². The van der Waals surface area contributed by atoms with Crippen molar-refractivity contribution in [3.05, 3.63) is 35.9 Å². The molecule has 0 atom stereocenters. The fourth-order valence-corrected chi connectivity index (χ4v) is 1.30. The van der Waals surface area contributed by atoms with Gasteiger partial charge in [-0.05, 0) is 5.56 Å². The Kier molecular flexibility index (Phi) is 7.66. The number of carbonyl (C=O) groups is 3. The van der Waals surface area contributed by atoms with Gasteiger partial charge >= 0.3 is 17.9 Å². The van der Waals surface area contributed by atoms with E-state index in [9.17, 15) is 14.4 Å². The Labute approximate surface area is 119 Å². The summed E-state index contributed by atoms with van der Waals surface area (Å²) < 4.78 is 0. The minimum absolute atomic E-state index is 0.140. The number of carboxylic acid groups (broad SMARTS) is 3. The van der Waals surface area contributed by atoms with E-state index < -0.39 is 36.4 Å². The fourth-order valence-electron chi connectivity index (χ4n) is 1.30. The van der Waals surface area contributed by atoms with Crippen LogP contribution >= 0.6 is 0 Å². The lowest BCUT2D eigenvalue weighted by atomic mass is 9.96. The molecular weight excluding hydrogens is 284 g/mol. The SMILES string of the molecule is O=C(O)CC(O)(CC(=O)O)C(=O)O.OCc1ccccc1. The van der Waals surface area contributed by atoms with Crippen LogP contribution in [-0.4, -0.2) is 49.0 Å². The number of benzene rings is 1. The lowest BCUT2D eigenvalue weighted by Crippen LogP contribution is -2.42. The van der Waals surface area contributed by atoms with Crippen LogP contribution < -0.4 is 0 Å². The average molecular weight is 300 g/mol. The first kappa shape index (κ1) is 18.6. The summed E-state index contributed by atoms with van der Waals surface area (Å²) in [6.07, 6.45) is -2.29. The smallest absolute Gasteiger partial charge is 0.336 e. The molecule has 0 fully saturated rings. The highest BCUT2D eigenvalue weighted by Gasteiger charge is 2.40. The molecule has 21 heavy (non-hydrogen) atoms. The zero-order chi connectivity index (χ0) is 16.5. The van der Waals surface area contributed by atoms with Crippen molar-refractivity contribution in [2.75, 3.05) is 0 Å². The molecule has 116 valence electrons. The molecule has 0 radical (unpaired) electrons. The van der Waals surface area contributed by atoms with Crippen LogP contribution in [0.5, 0.6) is 0 Å². The predicted molar refractivity (Wildman–Crippen MR) is 69.5 cm³/mol. The van der Waals surface area contributed by atoms with Gasteiger partial charge in [0.25, 0.3) is 0 Å². The van der Waals surface area contributed by atoms with Gasteiger partial charge < -0.3 is 25.5 Å².